The van der Waals surface area contributed by atoms with Gasteiger partial charge in [0.1, 0.15) is 12.5 Å². The van der Waals surface area contributed by atoms with Crippen LogP contribution in [-0.4, -0.2) is 24.6 Å². The molecule has 0 aliphatic rings. The first-order valence-electron chi connectivity index (χ1n) is 10.9. The Balaban J connectivity index is 1.59. The van der Waals surface area contributed by atoms with Crippen molar-refractivity contribution in [2.75, 3.05) is 11.9 Å². The Morgan fingerprint density at radius 3 is 2.51 bits per heavy atom. The van der Waals surface area contributed by atoms with E-state index < -0.39 is 17.7 Å². The van der Waals surface area contributed by atoms with Crippen LogP contribution in [0.5, 0.6) is 11.5 Å². The molecular formula is C26H25BrClN3O4. The van der Waals surface area contributed by atoms with E-state index in [9.17, 15) is 9.59 Å². The molecule has 0 spiro atoms. The molecular weight excluding hydrogens is 534 g/mol. The molecule has 3 aromatic rings. The normalized spacial score (nSPS) is 11.7. The zero-order chi connectivity index (χ0) is 25.2. The first kappa shape index (κ1) is 26.2. The van der Waals surface area contributed by atoms with E-state index in [1.54, 1.807) is 36.4 Å². The van der Waals surface area contributed by atoms with Crippen LogP contribution in [0, 0.1) is 5.92 Å². The summed E-state index contributed by atoms with van der Waals surface area (Å²) in [5.41, 5.74) is 4.53. The fourth-order valence-corrected chi connectivity index (χ4v) is 3.53. The summed E-state index contributed by atoms with van der Waals surface area (Å²) in [7, 11) is 0. The summed E-state index contributed by atoms with van der Waals surface area (Å²) in [5, 5.41) is 7.32. The number of nitrogens with one attached hydrogen (secondary N) is 2. The van der Waals surface area contributed by atoms with Crippen molar-refractivity contribution in [1.29, 1.82) is 0 Å². The van der Waals surface area contributed by atoms with E-state index in [-0.39, 0.29) is 0 Å². The number of hydrogen-bond acceptors (Lipinski definition) is 5. The minimum absolute atomic E-state index is 0.294. The van der Waals surface area contributed by atoms with Crippen molar-refractivity contribution in [2.45, 2.75) is 20.5 Å². The third-order valence-corrected chi connectivity index (χ3v) is 5.98. The Kier molecular flexibility index (Phi) is 9.69. The number of nitrogens with zero attached hydrogens (tertiary/aromatic N) is 1. The maximum atomic E-state index is 12.4. The molecule has 0 fully saturated rings. The number of rotatable bonds is 10. The zero-order valence-corrected chi connectivity index (χ0v) is 21.6. The molecule has 0 aromatic heterocycles. The summed E-state index contributed by atoms with van der Waals surface area (Å²) in [6.45, 7) is 4.13. The zero-order valence-electron chi connectivity index (χ0n) is 19.3. The summed E-state index contributed by atoms with van der Waals surface area (Å²) in [4.78, 5) is 24.8. The largest absolute Gasteiger partial charge is 0.490 e. The van der Waals surface area contributed by atoms with Crippen molar-refractivity contribution in [3.63, 3.8) is 0 Å². The minimum Gasteiger partial charge on any atom is -0.490 e. The number of halogens is 2. The van der Waals surface area contributed by atoms with Gasteiger partial charge >= 0.3 is 0 Å². The van der Waals surface area contributed by atoms with Gasteiger partial charge in [-0.1, -0.05) is 41.9 Å². The maximum Gasteiger partial charge on any atom is 0.252 e. The smallest absolute Gasteiger partial charge is 0.252 e. The van der Waals surface area contributed by atoms with E-state index >= 15 is 0 Å². The lowest BCUT2D eigenvalue weighted by molar-refractivity contribution is -0.131. The van der Waals surface area contributed by atoms with Crippen molar-refractivity contribution in [1.82, 2.24) is 5.43 Å². The second-order valence-electron chi connectivity index (χ2n) is 7.44. The van der Waals surface area contributed by atoms with Crippen LogP contribution in [0.1, 0.15) is 25.0 Å². The van der Waals surface area contributed by atoms with Crippen molar-refractivity contribution in [3.05, 3.63) is 87.4 Å². The maximum absolute atomic E-state index is 12.4. The molecule has 2 amide bonds. The number of hydrogen-bond donors (Lipinski definition) is 2. The quantitative estimate of drug-likeness (QED) is 0.187. The van der Waals surface area contributed by atoms with Gasteiger partial charge in [0.2, 0.25) is 5.91 Å². The van der Waals surface area contributed by atoms with Gasteiger partial charge in [0.25, 0.3) is 5.91 Å². The highest BCUT2D eigenvalue weighted by molar-refractivity contribution is 9.10. The summed E-state index contributed by atoms with van der Waals surface area (Å²) in [6, 6.07) is 19.9. The number of ether oxygens (including phenoxy) is 2. The molecule has 1 atom stereocenters. The lowest BCUT2D eigenvalue weighted by atomic mass is 10.1. The van der Waals surface area contributed by atoms with Crippen molar-refractivity contribution >= 4 is 51.2 Å². The van der Waals surface area contributed by atoms with Gasteiger partial charge in [0, 0.05) is 15.1 Å². The van der Waals surface area contributed by atoms with E-state index in [2.05, 4.69) is 31.8 Å². The Bertz CT molecular complexity index is 1220. The average molecular weight is 559 g/mol. The van der Waals surface area contributed by atoms with E-state index in [4.69, 9.17) is 21.1 Å². The highest BCUT2D eigenvalue weighted by Gasteiger charge is 2.21. The lowest BCUT2D eigenvalue weighted by Crippen LogP contribution is -2.34. The van der Waals surface area contributed by atoms with Gasteiger partial charge in [0.15, 0.2) is 11.5 Å². The summed E-state index contributed by atoms with van der Waals surface area (Å²) in [6.07, 6.45) is 1.47. The van der Waals surface area contributed by atoms with Gasteiger partial charge in [-0.2, -0.15) is 5.10 Å². The van der Waals surface area contributed by atoms with Crippen LogP contribution < -0.4 is 20.2 Å². The monoisotopic (exact) mass is 557 g/mol. The molecule has 0 heterocycles. The van der Waals surface area contributed by atoms with Gasteiger partial charge in [0.05, 0.1) is 18.5 Å². The highest BCUT2D eigenvalue weighted by Crippen LogP contribution is 2.29. The molecule has 2 N–H and O–H groups in total. The lowest BCUT2D eigenvalue weighted by Gasteiger charge is -2.13. The summed E-state index contributed by atoms with van der Waals surface area (Å²) in [5.74, 6) is -0.820. The van der Waals surface area contributed by atoms with Gasteiger partial charge in [-0.25, -0.2) is 5.43 Å². The van der Waals surface area contributed by atoms with E-state index in [0.717, 1.165) is 10.0 Å². The number of benzene rings is 3. The number of hydrazone groups is 1. The number of anilines is 1. The predicted molar refractivity (Wildman–Crippen MR) is 141 cm³/mol. The number of carbonyl (C=O) groups excluding carboxylic acids is 2. The number of amides is 2. The van der Waals surface area contributed by atoms with Crippen LogP contribution >= 0.6 is 27.5 Å². The first-order chi connectivity index (χ1) is 16.9. The van der Waals surface area contributed by atoms with Gasteiger partial charge in [-0.05, 0) is 71.7 Å². The third kappa shape index (κ3) is 7.56. The second-order valence-corrected chi connectivity index (χ2v) is 8.71. The molecule has 3 rings (SSSR count). The minimum atomic E-state index is -0.946. The van der Waals surface area contributed by atoms with Crippen LogP contribution in [0.4, 0.5) is 5.69 Å². The van der Waals surface area contributed by atoms with Crippen molar-refractivity contribution < 1.29 is 19.1 Å². The molecule has 0 aliphatic heterocycles. The molecule has 0 saturated heterocycles. The molecule has 9 heteroatoms. The Hall–Kier alpha value is -3.36. The van der Waals surface area contributed by atoms with Crippen molar-refractivity contribution in [3.8, 4) is 11.5 Å². The first-order valence-corrected chi connectivity index (χ1v) is 12.1. The molecule has 7 nitrogen and oxygen atoms in total. The summed E-state index contributed by atoms with van der Waals surface area (Å²) >= 11 is 9.56. The second kappa shape index (κ2) is 12.9. The highest BCUT2D eigenvalue weighted by atomic mass is 79.9. The van der Waals surface area contributed by atoms with Crippen LogP contribution in [0.15, 0.2) is 76.3 Å². The van der Waals surface area contributed by atoms with E-state index in [0.29, 0.717) is 41.0 Å². The molecule has 0 aliphatic carbocycles. The topological polar surface area (TPSA) is 89.0 Å². The number of carbonyl (C=O) groups is 2. The molecule has 0 saturated carbocycles. The molecule has 182 valence electrons. The van der Waals surface area contributed by atoms with Gasteiger partial charge < -0.3 is 14.8 Å². The molecule has 35 heavy (non-hydrogen) atoms. The van der Waals surface area contributed by atoms with Crippen LogP contribution in [0.3, 0.4) is 0 Å². The number of para-hydroxylation sites is 1. The standard InChI is InChI=1S/C26H25BrClN3O4/c1-3-34-24-14-18(12-13-23(24)35-16-19-8-4-6-10-21(19)28)15-29-31-26(33)17(2)25(32)30-22-11-7-5-9-20(22)27/h4-15,17H,3,16H2,1-2H3,(H,30,32)(H,31,33). The third-order valence-electron chi connectivity index (χ3n) is 4.92. The fourth-order valence-electron chi connectivity index (χ4n) is 2.95. The van der Waals surface area contributed by atoms with Crippen LogP contribution in [-0.2, 0) is 16.2 Å². The Labute approximate surface area is 217 Å². The Morgan fingerprint density at radius 1 is 1.03 bits per heavy atom. The predicted octanol–water partition coefficient (Wildman–Crippen LogP) is 5.81. The van der Waals surface area contributed by atoms with Gasteiger partial charge in [-0.3, -0.25) is 9.59 Å². The van der Waals surface area contributed by atoms with Crippen LogP contribution in [0.2, 0.25) is 5.02 Å². The Morgan fingerprint density at radius 2 is 1.77 bits per heavy atom. The molecule has 0 bridgehead atoms. The molecule has 0 radical (unpaired) electrons. The van der Waals surface area contributed by atoms with E-state index in [1.165, 1.54) is 13.1 Å². The molecule has 3 aromatic carbocycles. The fraction of sp³-hybridized carbons (Fsp3) is 0.192. The average Bonchev–Trinajstić information content (AvgIpc) is 2.85. The SMILES string of the molecule is CCOc1cc(C=NNC(=O)C(C)C(=O)Nc2ccccc2Br)ccc1OCc1ccccc1Cl. The van der Waals surface area contributed by atoms with Gasteiger partial charge in [-0.15, -0.1) is 0 Å². The van der Waals surface area contributed by atoms with Crippen molar-refractivity contribution in [2.24, 2.45) is 11.0 Å². The van der Waals surface area contributed by atoms with Crippen LogP contribution in [0.25, 0.3) is 0 Å². The molecule has 1 unspecified atom stereocenters. The summed E-state index contributed by atoms with van der Waals surface area (Å²) < 4.78 is 12.3. The van der Waals surface area contributed by atoms with E-state index in [1.807, 2.05) is 37.3 Å².